The molecule has 0 saturated heterocycles. The van der Waals surface area contributed by atoms with E-state index in [1.165, 1.54) is 6.42 Å². The standard InChI is InChI=1S/C10H15ClN2/c1-2-3-7-13-9-6-4-5-8(11)10(9)12/h4-6,13H,2-3,7,12H2,1H3. The van der Waals surface area contributed by atoms with E-state index in [0.717, 1.165) is 18.7 Å². The molecule has 0 atom stereocenters. The van der Waals surface area contributed by atoms with Gasteiger partial charge < -0.3 is 11.1 Å². The van der Waals surface area contributed by atoms with Gasteiger partial charge in [-0.15, -0.1) is 0 Å². The molecule has 1 aromatic rings. The van der Waals surface area contributed by atoms with Crippen LogP contribution < -0.4 is 11.1 Å². The summed E-state index contributed by atoms with van der Waals surface area (Å²) in [5, 5.41) is 3.86. The molecular weight excluding hydrogens is 184 g/mol. The third-order valence-electron chi connectivity index (χ3n) is 1.90. The summed E-state index contributed by atoms with van der Waals surface area (Å²) in [6.07, 6.45) is 2.32. The van der Waals surface area contributed by atoms with Gasteiger partial charge in [-0.1, -0.05) is 31.0 Å². The summed E-state index contributed by atoms with van der Waals surface area (Å²) in [6, 6.07) is 5.63. The second-order valence-corrected chi connectivity index (χ2v) is 3.39. The first-order valence-corrected chi connectivity index (χ1v) is 4.91. The predicted molar refractivity (Wildman–Crippen MR) is 59.3 cm³/mol. The summed E-state index contributed by atoms with van der Waals surface area (Å²) < 4.78 is 0. The highest BCUT2D eigenvalue weighted by Gasteiger charge is 2.00. The Morgan fingerprint density at radius 3 is 2.92 bits per heavy atom. The van der Waals surface area contributed by atoms with Gasteiger partial charge in [-0.25, -0.2) is 0 Å². The molecule has 0 radical (unpaired) electrons. The van der Waals surface area contributed by atoms with Crippen LogP contribution in [0, 0.1) is 0 Å². The maximum Gasteiger partial charge on any atom is 0.0739 e. The van der Waals surface area contributed by atoms with Crippen LogP contribution in [0.2, 0.25) is 5.02 Å². The van der Waals surface area contributed by atoms with Crippen LogP contribution in [-0.4, -0.2) is 6.54 Å². The van der Waals surface area contributed by atoms with Gasteiger partial charge in [-0.05, 0) is 18.6 Å². The highest BCUT2D eigenvalue weighted by Crippen LogP contribution is 2.26. The SMILES string of the molecule is CCCCNc1cccc(Cl)c1N. The summed E-state index contributed by atoms with van der Waals surface area (Å²) in [7, 11) is 0. The minimum absolute atomic E-state index is 0.612. The number of nitrogen functional groups attached to an aromatic ring is 1. The highest BCUT2D eigenvalue weighted by atomic mass is 35.5. The molecule has 1 aromatic carbocycles. The predicted octanol–water partition coefficient (Wildman–Crippen LogP) is 3.13. The Bertz CT molecular complexity index is 274. The Hall–Kier alpha value is -0.890. The number of hydrogen-bond donors (Lipinski definition) is 2. The lowest BCUT2D eigenvalue weighted by Gasteiger charge is -2.09. The lowest BCUT2D eigenvalue weighted by molar-refractivity contribution is 0.834. The maximum absolute atomic E-state index is 5.86. The van der Waals surface area contributed by atoms with Crippen molar-refractivity contribution in [3.8, 4) is 0 Å². The van der Waals surface area contributed by atoms with E-state index in [1.54, 1.807) is 6.07 Å². The molecule has 0 aliphatic rings. The summed E-state index contributed by atoms with van der Waals surface area (Å²) in [6.45, 7) is 3.10. The van der Waals surface area contributed by atoms with Crippen molar-refractivity contribution in [1.82, 2.24) is 0 Å². The van der Waals surface area contributed by atoms with Crippen molar-refractivity contribution in [2.75, 3.05) is 17.6 Å². The molecule has 0 aliphatic carbocycles. The molecule has 0 heterocycles. The van der Waals surface area contributed by atoms with Crippen molar-refractivity contribution in [1.29, 1.82) is 0 Å². The Kier molecular flexibility index (Phi) is 3.90. The van der Waals surface area contributed by atoms with Crippen LogP contribution in [0.4, 0.5) is 11.4 Å². The van der Waals surface area contributed by atoms with Crippen LogP contribution in [0.1, 0.15) is 19.8 Å². The van der Waals surface area contributed by atoms with Gasteiger partial charge in [0.05, 0.1) is 16.4 Å². The summed E-state index contributed by atoms with van der Waals surface area (Å²) in [5.74, 6) is 0. The number of hydrogen-bond acceptors (Lipinski definition) is 2. The molecular formula is C10H15ClN2. The fourth-order valence-corrected chi connectivity index (χ4v) is 1.27. The van der Waals surface area contributed by atoms with Crippen molar-refractivity contribution < 1.29 is 0 Å². The van der Waals surface area contributed by atoms with E-state index in [1.807, 2.05) is 12.1 Å². The molecule has 72 valence electrons. The number of benzene rings is 1. The molecule has 2 nitrogen and oxygen atoms in total. The van der Waals surface area contributed by atoms with Crippen molar-refractivity contribution in [3.63, 3.8) is 0 Å². The van der Waals surface area contributed by atoms with Gasteiger partial charge in [0.15, 0.2) is 0 Å². The second kappa shape index (κ2) is 4.97. The van der Waals surface area contributed by atoms with Gasteiger partial charge in [-0.2, -0.15) is 0 Å². The third-order valence-corrected chi connectivity index (χ3v) is 2.23. The fourth-order valence-electron chi connectivity index (χ4n) is 1.09. The number of anilines is 2. The molecule has 1 rings (SSSR count). The average molecular weight is 199 g/mol. The van der Waals surface area contributed by atoms with Crippen LogP contribution in [0.15, 0.2) is 18.2 Å². The molecule has 13 heavy (non-hydrogen) atoms. The first-order valence-electron chi connectivity index (χ1n) is 4.53. The van der Waals surface area contributed by atoms with Crippen molar-refractivity contribution >= 4 is 23.0 Å². The molecule has 0 aromatic heterocycles. The van der Waals surface area contributed by atoms with Gasteiger partial charge in [0, 0.05) is 6.54 Å². The Morgan fingerprint density at radius 2 is 2.23 bits per heavy atom. The molecule has 0 fully saturated rings. The number of nitrogens with one attached hydrogen (secondary N) is 1. The van der Waals surface area contributed by atoms with Crippen LogP contribution in [-0.2, 0) is 0 Å². The van der Waals surface area contributed by atoms with Gasteiger partial charge in [0.2, 0.25) is 0 Å². The minimum atomic E-state index is 0.612. The summed E-state index contributed by atoms with van der Waals surface area (Å²) in [5.41, 5.74) is 7.34. The van der Waals surface area contributed by atoms with Crippen LogP contribution in [0.3, 0.4) is 0 Å². The van der Waals surface area contributed by atoms with Crippen LogP contribution in [0.5, 0.6) is 0 Å². The third kappa shape index (κ3) is 2.81. The first-order chi connectivity index (χ1) is 6.25. The van der Waals surface area contributed by atoms with E-state index in [4.69, 9.17) is 17.3 Å². The lowest BCUT2D eigenvalue weighted by atomic mass is 10.2. The number of halogens is 1. The van der Waals surface area contributed by atoms with E-state index in [2.05, 4.69) is 12.2 Å². The number of nitrogens with two attached hydrogens (primary N) is 1. The lowest BCUT2D eigenvalue weighted by Crippen LogP contribution is -2.03. The fraction of sp³-hybridized carbons (Fsp3) is 0.400. The van der Waals surface area contributed by atoms with Crippen molar-refractivity contribution in [2.24, 2.45) is 0 Å². The zero-order valence-corrected chi connectivity index (χ0v) is 8.56. The van der Waals surface area contributed by atoms with E-state index in [0.29, 0.717) is 10.7 Å². The van der Waals surface area contributed by atoms with E-state index in [9.17, 15) is 0 Å². The Morgan fingerprint density at radius 1 is 1.46 bits per heavy atom. The van der Waals surface area contributed by atoms with Gasteiger partial charge in [0.1, 0.15) is 0 Å². The molecule has 0 bridgehead atoms. The molecule has 3 heteroatoms. The molecule has 3 N–H and O–H groups in total. The highest BCUT2D eigenvalue weighted by molar-refractivity contribution is 6.33. The van der Waals surface area contributed by atoms with Crippen LogP contribution in [0.25, 0.3) is 0 Å². The van der Waals surface area contributed by atoms with Crippen molar-refractivity contribution in [3.05, 3.63) is 23.2 Å². The number of para-hydroxylation sites is 1. The molecule has 0 aliphatic heterocycles. The summed E-state index contributed by atoms with van der Waals surface area (Å²) in [4.78, 5) is 0. The largest absolute Gasteiger partial charge is 0.396 e. The summed E-state index contributed by atoms with van der Waals surface area (Å²) >= 11 is 5.86. The average Bonchev–Trinajstić information content (AvgIpc) is 2.13. The van der Waals surface area contributed by atoms with Crippen LogP contribution >= 0.6 is 11.6 Å². The van der Waals surface area contributed by atoms with E-state index >= 15 is 0 Å². The van der Waals surface area contributed by atoms with E-state index in [-0.39, 0.29) is 0 Å². The van der Waals surface area contributed by atoms with Gasteiger partial charge >= 0.3 is 0 Å². The van der Waals surface area contributed by atoms with Crippen molar-refractivity contribution in [2.45, 2.75) is 19.8 Å². The quantitative estimate of drug-likeness (QED) is 0.576. The topological polar surface area (TPSA) is 38.0 Å². The van der Waals surface area contributed by atoms with E-state index < -0.39 is 0 Å². The molecule has 0 spiro atoms. The normalized spacial score (nSPS) is 10.0. The smallest absolute Gasteiger partial charge is 0.0739 e. The van der Waals surface area contributed by atoms with Gasteiger partial charge in [-0.3, -0.25) is 0 Å². The zero-order chi connectivity index (χ0) is 9.68. The second-order valence-electron chi connectivity index (χ2n) is 2.98. The zero-order valence-electron chi connectivity index (χ0n) is 7.81. The minimum Gasteiger partial charge on any atom is -0.396 e. The molecule has 0 amide bonds. The Labute approximate surface area is 84.1 Å². The Balaban J connectivity index is 2.61. The maximum atomic E-state index is 5.86. The molecule has 0 saturated carbocycles. The first kappa shape index (κ1) is 10.2. The monoisotopic (exact) mass is 198 g/mol. The van der Waals surface area contributed by atoms with Gasteiger partial charge in [0.25, 0.3) is 0 Å². The number of rotatable bonds is 4. The molecule has 0 unspecified atom stereocenters. The number of unbranched alkanes of at least 4 members (excludes halogenated alkanes) is 1.